The molecule has 0 amide bonds. The average molecular weight is 288 g/mol. The van der Waals surface area contributed by atoms with Crippen molar-refractivity contribution >= 4 is 0 Å². The normalized spacial score (nSPS) is 26.8. The fourth-order valence-electron chi connectivity index (χ4n) is 3.97. The molecule has 0 spiro atoms. The molecule has 2 N–H and O–H groups in total. The fraction of sp³-hybridized carbons (Fsp3) is 0.667. The van der Waals surface area contributed by atoms with Crippen molar-refractivity contribution in [1.29, 1.82) is 0 Å². The Morgan fingerprint density at radius 2 is 1.86 bits per heavy atom. The van der Waals surface area contributed by atoms with Gasteiger partial charge in [-0.25, -0.2) is 0 Å². The summed E-state index contributed by atoms with van der Waals surface area (Å²) in [5, 5.41) is 0. The van der Waals surface area contributed by atoms with E-state index < -0.39 is 0 Å². The molecule has 1 aromatic rings. The highest BCUT2D eigenvalue weighted by atomic mass is 16.5. The SMILES string of the molecule is Cc1ccc2c(c1C)OCCC2(CN)N1CCCCCC1. The second kappa shape index (κ2) is 5.98. The first-order valence-corrected chi connectivity index (χ1v) is 8.37. The van der Waals surface area contributed by atoms with Gasteiger partial charge in [-0.2, -0.15) is 0 Å². The molecule has 0 saturated carbocycles. The summed E-state index contributed by atoms with van der Waals surface area (Å²) < 4.78 is 6.03. The molecule has 2 aliphatic rings. The molecule has 1 aromatic carbocycles. The van der Waals surface area contributed by atoms with Gasteiger partial charge in [0.1, 0.15) is 5.75 Å². The van der Waals surface area contributed by atoms with Crippen LogP contribution in [0.5, 0.6) is 5.75 Å². The quantitative estimate of drug-likeness (QED) is 0.908. The van der Waals surface area contributed by atoms with Crippen LogP contribution in [0.2, 0.25) is 0 Å². The van der Waals surface area contributed by atoms with Gasteiger partial charge in [-0.15, -0.1) is 0 Å². The van der Waals surface area contributed by atoms with Crippen LogP contribution in [0.1, 0.15) is 48.8 Å². The van der Waals surface area contributed by atoms with Gasteiger partial charge in [-0.3, -0.25) is 4.90 Å². The predicted octanol–water partition coefficient (Wildman–Crippen LogP) is 3.12. The minimum atomic E-state index is -0.0175. The zero-order valence-corrected chi connectivity index (χ0v) is 13.5. The van der Waals surface area contributed by atoms with E-state index in [9.17, 15) is 0 Å². The molecular weight excluding hydrogens is 260 g/mol. The van der Waals surface area contributed by atoms with Crippen molar-refractivity contribution < 1.29 is 4.74 Å². The molecule has 1 saturated heterocycles. The molecular formula is C18H28N2O. The van der Waals surface area contributed by atoms with E-state index in [1.165, 1.54) is 55.5 Å². The van der Waals surface area contributed by atoms with Gasteiger partial charge in [0.05, 0.1) is 12.1 Å². The van der Waals surface area contributed by atoms with Crippen LogP contribution in [0.25, 0.3) is 0 Å². The molecule has 0 aliphatic carbocycles. The Labute approximate surface area is 128 Å². The lowest BCUT2D eigenvalue weighted by molar-refractivity contribution is 0.0509. The second-order valence-electron chi connectivity index (χ2n) is 6.62. The van der Waals surface area contributed by atoms with Gasteiger partial charge < -0.3 is 10.5 Å². The smallest absolute Gasteiger partial charge is 0.127 e. The van der Waals surface area contributed by atoms with E-state index in [1.54, 1.807) is 0 Å². The lowest BCUT2D eigenvalue weighted by Crippen LogP contribution is -2.54. The van der Waals surface area contributed by atoms with Gasteiger partial charge >= 0.3 is 0 Å². The minimum Gasteiger partial charge on any atom is -0.493 e. The molecule has 0 aromatic heterocycles. The van der Waals surface area contributed by atoms with Crippen LogP contribution in [-0.2, 0) is 5.54 Å². The number of fused-ring (bicyclic) bond motifs is 1. The molecule has 3 heteroatoms. The van der Waals surface area contributed by atoms with Gasteiger partial charge in [0.25, 0.3) is 0 Å². The summed E-state index contributed by atoms with van der Waals surface area (Å²) >= 11 is 0. The van der Waals surface area contributed by atoms with E-state index in [0.29, 0.717) is 6.54 Å². The molecule has 1 fully saturated rings. The summed E-state index contributed by atoms with van der Waals surface area (Å²) in [7, 11) is 0. The summed E-state index contributed by atoms with van der Waals surface area (Å²) in [6.45, 7) is 8.14. The van der Waals surface area contributed by atoms with Crippen LogP contribution in [0.15, 0.2) is 12.1 Å². The lowest BCUT2D eigenvalue weighted by Gasteiger charge is -2.47. The first kappa shape index (κ1) is 14.9. The van der Waals surface area contributed by atoms with Crippen molar-refractivity contribution in [3.05, 3.63) is 28.8 Å². The number of nitrogens with zero attached hydrogens (tertiary/aromatic N) is 1. The Morgan fingerprint density at radius 3 is 2.52 bits per heavy atom. The fourth-order valence-corrected chi connectivity index (χ4v) is 3.97. The molecule has 1 unspecified atom stereocenters. The Kier molecular flexibility index (Phi) is 4.23. The van der Waals surface area contributed by atoms with E-state index >= 15 is 0 Å². The third-order valence-corrected chi connectivity index (χ3v) is 5.49. The van der Waals surface area contributed by atoms with Crippen LogP contribution in [0.3, 0.4) is 0 Å². The van der Waals surface area contributed by atoms with Crippen LogP contribution >= 0.6 is 0 Å². The topological polar surface area (TPSA) is 38.5 Å². The van der Waals surface area contributed by atoms with Crippen molar-refractivity contribution in [2.45, 2.75) is 51.5 Å². The van der Waals surface area contributed by atoms with Gasteiger partial charge in [0.2, 0.25) is 0 Å². The largest absolute Gasteiger partial charge is 0.493 e. The van der Waals surface area contributed by atoms with Crippen LogP contribution < -0.4 is 10.5 Å². The standard InChI is InChI=1S/C18H28N2O/c1-14-7-8-16-17(15(14)2)21-12-9-18(16,13-19)20-10-5-3-4-6-11-20/h7-8H,3-6,9-13,19H2,1-2H3. The van der Waals surface area contributed by atoms with E-state index in [2.05, 4.69) is 30.9 Å². The molecule has 1 atom stereocenters. The number of hydrogen-bond donors (Lipinski definition) is 1. The Hall–Kier alpha value is -1.06. The minimum absolute atomic E-state index is 0.0175. The maximum Gasteiger partial charge on any atom is 0.127 e. The molecule has 3 nitrogen and oxygen atoms in total. The highest BCUT2D eigenvalue weighted by molar-refractivity contribution is 5.50. The van der Waals surface area contributed by atoms with Crippen molar-refractivity contribution in [1.82, 2.24) is 4.90 Å². The van der Waals surface area contributed by atoms with Gasteiger partial charge in [-0.05, 0) is 50.9 Å². The van der Waals surface area contributed by atoms with E-state index in [-0.39, 0.29) is 5.54 Å². The average Bonchev–Trinajstić information content (AvgIpc) is 2.80. The highest BCUT2D eigenvalue weighted by Gasteiger charge is 2.42. The molecule has 3 rings (SSSR count). The zero-order chi connectivity index (χ0) is 14.9. The molecule has 21 heavy (non-hydrogen) atoms. The summed E-state index contributed by atoms with van der Waals surface area (Å²) in [6, 6.07) is 4.49. The summed E-state index contributed by atoms with van der Waals surface area (Å²) in [4.78, 5) is 2.65. The summed E-state index contributed by atoms with van der Waals surface area (Å²) in [6.07, 6.45) is 6.31. The first-order valence-electron chi connectivity index (χ1n) is 8.37. The molecule has 0 radical (unpaired) electrons. The number of nitrogens with two attached hydrogens (primary N) is 1. The van der Waals surface area contributed by atoms with Gasteiger partial charge in [-0.1, -0.05) is 25.0 Å². The number of benzene rings is 1. The van der Waals surface area contributed by atoms with Crippen LogP contribution in [0.4, 0.5) is 0 Å². The predicted molar refractivity (Wildman–Crippen MR) is 86.8 cm³/mol. The molecule has 0 bridgehead atoms. The van der Waals surface area contributed by atoms with Crippen molar-refractivity contribution in [2.24, 2.45) is 5.73 Å². The van der Waals surface area contributed by atoms with Gasteiger partial charge in [0.15, 0.2) is 0 Å². The number of hydrogen-bond acceptors (Lipinski definition) is 3. The molecule has 2 heterocycles. The Morgan fingerprint density at radius 1 is 1.14 bits per heavy atom. The monoisotopic (exact) mass is 288 g/mol. The first-order chi connectivity index (χ1) is 10.2. The van der Waals surface area contributed by atoms with Crippen molar-refractivity contribution in [3.63, 3.8) is 0 Å². The van der Waals surface area contributed by atoms with Crippen LogP contribution in [-0.4, -0.2) is 31.1 Å². The van der Waals surface area contributed by atoms with Gasteiger partial charge in [0, 0.05) is 18.5 Å². The zero-order valence-electron chi connectivity index (χ0n) is 13.5. The second-order valence-corrected chi connectivity index (χ2v) is 6.62. The Bertz CT molecular complexity index is 506. The number of rotatable bonds is 2. The molecule has 116 valence electrons. The maximum absolute atomic E-state index is 6.33. The van der Waals surface area contributed by atoms with E-state index in [0.717, 1.165) is 18.8 Å². The van der Waals surface area contributed by atoms with E-state index in [1.807, 2.05) is 0 Å². The third-order valence-electron chi connectivity index (χ3n) is 5.49. The maximum atomic E-state index is 6.33. The number of aryl methyl sites for hydroxylation is 1. The van der Waals surface area contributed by atoms with Crippen molar-refractivity contribution in [2.75, 3.05) is 26.2 Å². The summed E-state index contributed by atoms with van der Waals surface area (Å²) in [5.41, 5.74) is 10.2. The number of ether oxygens (including phenoxy) is 1. The number of likely N-dealkylation sites (tertiary alicyclic amines) is 1. The van der Waals surface area contributed by atoms with E-state index in [4.69, 9.17) is 10.5 Å². The van der Waals surface area contributed by atoms with Crippen molar-refractivity contribution in [3.8, 4) is 5.75 Å². The Balaban J connectivity index is 2.05. The molecule has 2 aliphatic heterocycles. The lowest BCUT2D eigenvalue weighted by atomic mass is 9.81. The highest BCUT2D eigenvalue weighted by Crippen LogP contribution is 2.43. The summed E-state index contributed by atoms with van der Waals surface area (Å²) in [5.74, 6) is 1.09. The van der Waals surface area contributed by atoms with Crippen LogP contribution in [0, 0.1) is 13.8 Å². The third kappa shape index (κ3) is 2.47.